The highest BCUT2D eigenvalue weighted by molar-refractivity contribution is 7.90. The fourth-order valence-electron chi connectivity index (χ4n) is 2.45. The van der Waals surface area contributed by atoms with E-state index in [0.29, 0.717) is 13.1 Å². The molecule has 0 saturated carbocycles. The van der Waals surface area contributed by atoms with Gasteiger partial charge in [-0.25, -0.2) is 12.8 Å². The molecule has 4 nitrogen and oxygen atoms in total. The molecular formula is C14H18FNO3S. The van der Waals surface area contributed by atoms with Crippen LogP contribution in [0.2, 0.25) is 0 Å². The van der Waals surface area contributed by atoms with E-state index < -0.39 is 9.84 Å². The van der Waals surface area contributed by atoms with Gasteiger partial charge < -0.3 is 4.90 Å². The Morgan fingerprint density at radius 3 is 2.85 bits per heavy atom. The molecule has 1 amide bonds. The second-order valence-corrected chi connectivity index (χ2v) is 7.52. The van der Waals surface area contributed by atoms with Gasteiger partial charge in [-0.05, 0) is 24.1 Å². The first-order valence-electron chi connectivity index (χ1n) is 6.56. The topological polar surface area (TPSA) is 54.5 Å². The van der Waals surface area contributed by atoms with Gasteiger partial charge in [0.15, 0.2) is 0 Å². The van der Waals surface area contributed by atoms with Crippen LogP contribution >= 0.6 is 0 Å². The molecule has 0 radical (unpaired) electrons. The minimum absolute atomic E-state index is 0.0225. The van der Waals surface area contributed by atoms with Crippen LogP contribution in [0.4, 0.5) is 4.39 Å². The van der Waals surface area contributed by atoms with E-state index in [9.17, 15) is 17.6 Å². The fraction of sp³-hybridized carbons (Fsp3) is 0.500. The van der Waals surface area contributed by atoms with Crippen molar-refractivity contribution in [3.63, 3.8) is 0 Å². The lowest BCUT2D eigenvalue weighted by Gasteiger charge is -2.16. The Morgan fingerprint density at radius 1 is 1.45 bits per heavy atom. The van der Waals surface area contributed by atoms with Crippen molar-refractivity contribution in [3.8, 4) is 0 Å². The standard InChI is InChI=1S/C14H18FNO3S/c1-20(18,19)8-6-14(17)16-7-5-12(10-16)11-3-2-4-13(15)9-11/h2-4,9,12H,5-8,10H2,1H3. The minimum atomic E-state index is -3.12. The van der Waals surface area contributed by atoms with E-state index in [0.717, 1.165) is 18.2 Å². The molecule has 0 N–H and O–H groups in total. The van der Waals surface area contributed by atoms with E-state index in [4.69, 9.17) is 0 Å². The molecular weight excluding hydrogens is 281 g/mol. The van der Waals surface area contributed by atoms with E-state index in [1.54, 1.807) is 11.0 Å². The zero-order valence-corrected chi connectivity index (χ0v) is 12.2. The molecule has 0 aromatic heterocycles. The molecule has 1 aliphatic heterocycles. The van der Waals surface area contributed by atoms with E-state index in [2.05, 4.69) is 0 Å². The highest BCUT2D eigenvalue weighted by Crippen LogP contribution is 2.27. The molecule has 0 spiro atoms. The van der Waals surface area contributed by atoms with E-state index >= 15 is 0 Å². The highest BCUT2D eigenvalue weighted by Gasteiger charge is 2.27. The summed E-state index contributed by atoms with van der Waals surface area (Å²) in [6.45, 7) is 1.13. The molecule has 1 aliphatic rings. The van der Waals surface area contributed by atoms with Crippen molar-refractivity contribution in [2.24, 2.45) is 0 Å². The normalized spacial score (nSPS) is 19.3. The summed E-state index contributed by atoms with van der Waals surface area (Å²) in [5.74, 6) is -0.404. The number of rotatable bonds is 4. The van der Waals surface area contributed by atoms with Crippen molar-refractivity contribution in [2.75, 3.05) is 25.1 Å². The second kappa shape index (κ2) is 5.91. The number of amides is 1. The third-order valence-corrected chi connectivity index (χ3v) is 4.49. The van der Waals surface area contributed by atoms with Crippen LogP contribution in [0.5, 0.6) is 0 Å². The van der Waals surface area contributed by atoms with Gasteiger partial charge in [0, 0.05) is 31.7 Å². The van der Waals surface area contributed by atoms with Gasteiger partial charge in [-0.2, -0.15) is 0 Å². The summed E-state index contributed by atoms with van der Waals surface area (Å²) in [7, 11) is -3.12. The monoisotopic (exact) mass is 299 g/mol. The van der Waals surface area contributed by atoms with Crippen LogP contribution in [0.25, 0.3) is 0 Å². The summed E-state index contributed by atoms with van der Waals surface area (Å²) < 4.78 is 35.3. The van der Waals surface area contributed by atoms with Crippen LogP contribution in [-0.2, 0) is 14.6 Å². The van der Waals surface area contributed by atoms with Gasteiger partial charge in [-0.15, -0.1) is 0 Å². The molecule has 1 atom stereocenters. The lowest BCUT2D eigenvalue weighted by Crippen LogP contribution is -2.29. The Balaban J connectivity index is 1.93. The van der Waals surface area contributed by atoms with Crippen molar-refractivity contribution in [2.45, 2.75) is 18.8 Å². The van der Waals surface area contributed by atoms with Gasteiger partial charge in [0.05, 0.1) is 5.75 Å². The van der Waals surface area contributed by atoms with Crippen molar-refractivity contribution in [1.82, 2.24) is 4.90 Å². The van der Waals surface area contributed by atoms with Gasteiger partial charge in [0.2, 0.25) is 5.91 Å². The highest BCUT2D eigenvalue weighted by atomic mass is 32.2. The molecule has 0 aliphatic carbocycles. The van der Waals surface area contributed by atoms with E-state index in [1.807, 2.05) is 6.07 Å². The van der Waals surface area contributed by atoms with Crippen LogP contribution in [0.15, 0.2) is 24.3 Å². The number of hydrogen-bond acceptors (Lipinski definition) is 3. The van der Waals surface area contributed by atoms with Crippen LogP contribution in [0.1, 0.15) is 24.3 Å². The Kier molecular flexibility index (Phi) is 4.42. The molecule has 110 valence electrons. The largest absolute Gasteiger partial charge is 0.342 e. The summed E-state index contributed by atoms with van der Waals surface area (Å²) in [6, 6.07) is 6.42. The Labute approximate surface area is 118 Å². The van der Waals surface area contributed by atoms with Crippen LogP contribution in [0.3, 0.4) is 0 Å². The summed E-state index contributed by atoms with van der Waals surface area (Å²) in [5.41, 5.74) is 0.892. The van der Waals surface area contributed by atoms with E-state index in [1.165, 1.54) is 12.1 Å². The van der Waals surface area contributed by atoms with E-state index in [-0.39, 0.29) is 29.8 Å². The Morgan fingerprint density at radius 2 is 2.20 bits per heavy atom. The van der Waals surface area contributed by atoms with Crippen molar-refractivity contribution < 1.29 is 17.6 Å². The van der Waals surface area contributed by atoms with Gasteiger partial charge in [-0.3, -0.25) is 4.79 Å². The number of benzene rings is 1. The maximum absolute atomic E-state index is 13.2. The third-order valence-electron chi connectivity index (χ3n) is 3.55. The second-order valence-electron chi connectivity index (χ2n) is 5.26. The Hall–Kier alpha value is -1.43. The van der Waals surface area contributed by atoms with Crippen LogP contribution < -0.4 is 0 Å². The molecule has 1 unspecified atom stereocenters. The molecule has 1 saturated heterocycles. The number of nitrogens with zero attached hydrogens (tertiary/aromatic N) is 1. The van der Waals surface area contributed by atoms with Gasteiger partial charge in [-0.1, -0.05) is 12.1 Å². The summed E-state index contributed by atoms with van der Waals surface area (Å²) in [6.07, 6.45) is 1.93. The fourth-order valence-corrected chi connectivity index (χ4v) is 3.00. The number of sulfone groups is 1. The van der Waals surface area contributed by atoms with Crippen molar-refractivity contribution in [3.05, 3.63) is 35.6 Å². The lowest BCUT2D eigenvalue weighted by molar-refractivity contribution is -0.129. The molecule has 1 heterocycles. The van der Waals surface area contributed by atoms with Gasteiger partial charge in [0.25, 0.3) is 0 Å². The first kappa shape index (κ1) is 15.0. The van der Waals surface area contributed by atoms with Gasteiger partial charge in [0.1, 0.15) is 15.7 Å². The van der Waals surface area contributed by atoms with Gasteiger partial charge >= 0.3 is 0 Å². The lowest BCUT2D eigenvalue weighted by atomic mass is 9.98. The molecule has 1 aromatic rings. The number of carbonyl (C=O) groups excluding carboxylic acids is 1. The molecule has 0 bridgehead atoms. The first-order chi connectivity index (χ1) is 9.35. The Bertz CT molecular complexity index is 600. The minimum Gasteiger partial charge on any atom is -0.342 e. The first-order valence-corrected chi connectivity index (χ1v) is 8.62. The predicted molar refractivity (Wildman–Crippen MR) is 74.7 cm³/mol. The molecule has 20 heavy (non-hydrogen) atoms. The SMILES string of the molecule is CS(=O)(=O)CCC(=O)N1CCC(c2cccc(F)c2)C1. The smallest absolute Gasteiger partial charge is 0.223 e. The summed E-state index contributed by atoms with van der Waals surface area (Å²) >= 11 is 0. The van der Waals surface area contributed by atoms with Crippen molar-refractivity contribution >= 4 is 15.7 Å². The van der Waals surface area contributed by atoms with Crippen molar-refractivity contribution in [1.29, 1.82) is 0 Å². The quantitative estimate of drug-likeness (QED) is 0.848. The zero-order valence-electron chi connectivity index (χ0n) is 11.4. The summed E-state index contributed by atoms with van der Waals surface area (Å²) in [5, 5.41) is 0. The number of carbonyl (C=O) groups is 1. The molecule has 1 aromatic carbocycles. The predicted octanol–water partition coefficient (Wildman–Crippen LogP) is 1.58. The maximum Gasteiger partial charge on any atom is 0.223 e. The average molecular weight is 299 g/mol. The number of hydrogen-bond donors (Lipinski definition) is 0. The molecule has 1 fully saturated rings. The number of likely N-dealkylation sites (tertiary alicyclic amines) is 1. The molecule has 2 rings (SSSR count). The molecule has 6 heteroatoms. The zero-order chi connectivity index (χ0) is 14.8. The summed E-state index contributed by atoms with van der Waals surface area (Å²) in [4.78, 5) is 13.6. The maximum atomic E-state index is 13.2. The number of halogens is 1. The average Bonchev–Trinajstić information content (AvgIpc) is 2.84. The van der Waals surface area contributed by atoms with Crippen LogP contribution in [-0.4, -0.2) is 44.3 Å². The third kappa shape index (κ3) is 4.03. The van der Waals surface area contributed by atoms with Crippen LogP contribution in [0, 0.1) is 5.82 Å².